The number of hydrogen-bond donors (Lipinski definition) is 1. The van der Waals surface area contributed by atoms with Crippen LogP contribution >= 0.6 is 0 Å². The Labute approximate surface area is 170 Å². The van der Waals surface area contributed by atoms with Crippen molar-refractivity contribution in [2.75, 3.05) is 25.5 Å². The van der Waals surface area contributed by atoms with Crippen LogP contribution in [0.2, 0.25) is 0 Å². The van der Waals surface area contributed by atoms with Crippen LogP contribution in [0.5, 0.6) is 0 Å². The summed E-state index contributed by atoms with van der Waals surface area (Å²) < 4.78 is 5.44. The van der Waals surface area contributed by atoms with Crippen molar-refractivity contribution in [2.45, 2.75) is 13.1 Å². The molecule has 0 fully saturated rings. The predicted molar refractivity (Wildman–Crippen MR) is 113 cm³/mol. The first-order valence-electron chi connectivity index (χ1n) is 9.44. The number of amides is 2. The van der Waals surface area contributed by atoms with Crippen molar-refractivity contribution in [1.82, 2.24) is 10.2 Å². The lowest BCUT2D eigenvalue weighted by Gasteiger charge is -2.25. The zero-order chi connectivity index (χ0) is 20.6. The molecule has 0 saturated carbocycles. The number of anilines is 1. The smallest absolute Gasteiger partial charge is 0.251 e. The number of nitrogens with one attached hydrogen (secondary N) is 1. The first-order chi connectivity index (χ1) is 14.1. The maximum Gasteiger partial charge on any atom is 0.251 e. The summed E-state index contributed by atoms with van der Waals surface area (Å²) in [5, 5.41) is 2.61. The molecule has 0 unspecified atom stereocenters. The summed E-state index contributed by atoms with van der Waals surface area (Å²) in [5.74, 6) is 0.600. The third-order valence-electron chi connectivity index (χ3n) is 4.56. The fourth-order valence-electron chi connectivity index (χ4n) is 3.08. The second-order valence-corrected chi connectivity index (χ2v) is 6.84. The zero-order valence-corrected chi connectivity index (χ0v) is 16.7. The van der Waals surface area contributed by atoms with E-state index in [1.165, 1.54) is 0 Å². The molecule has 0 saturated heterocycles. The highest BCUT2D eigenvalue weighted by molar-refractivity contribution is 5.95. The van der Waals surface area contributed by atoms with E-state index in [-0.39, 0.29) is 18.4 Å². The Morgan fingerprint density at radius 3 is 2.28 bits per heavy atom. The Kier molecular flexibility index (Phi) is 6.81. The van der Waals surface area contributed by atoms with Gasteiger partial charge in [-0.05, 0) is 49.0 Å². The summed E-state index contributed by atoms with van der Waals surface area (Å²) in [6.45, 7) is 1.24. The molecule has 150 valence electrons. The number of benzene rings is 2. The summed E-state index contributed by atoms with van der Waals surface area (Å²) in [6.07, 6.45) is 1.61. The lowest BCUT2D eigenvalue weighted by atomic mass is 10.1. The largest absolute Gasteiger partial charge is 0.467 e. The monoisotopic (exact) mass is 391 g/mol. The molecule has 2 aromatic carbocycles. The second kappa shape index (κ2) is 9.71. The maximum atomic E-state index is 13.0. The van der Waals surface area contributed by atoms with E-state index in [1.54, 1.807) is 30.3 Å². The Morgan fingerprint density at radius 1 is 0.931 bits per heavy atom. The zero-order valence-electron chi connectivity index (χ0n) is 16.7. The number of furan rings is 1. The molecule has 0 spiro atoms. The predicted octanol–water partition coefficient (Wildman–Crippen LogP) is 3.30. The van der Waals surface area contributed by atoms with Gasteiger partial charge in [0.05, 0.1) is 19.4 Å². The molecule has 6 nitrogen and oxygen atoms in total. The number of rotatable bonds is 8. The van der Waals surface area contributed by atoms with Gasteiger partial charge in [0, 0.05) is 24.8 Å². The van der Waals surface area contributed by atoms with E-state index in [1.807, 2.05) is 66.5 Å². The summed E-state index contributed by atoms with van der Waals surface area (Å²) in [5.41, 5.74) is 2.48. The second-order valence-electron chi connectivity index (χ2n) is 6.84. The minimum atomic E-state index is -0.114. The third kappa shape index (κ3) is 5.56. The van der Waals surface area contributed by atoms with Crippen LogP contribution in [0, 0.1) is 0 Å². The number of para-hydroxylation sites is 1. The molecule has 0 aliphatic rings. The van der Waals surface area contributed by atoms with Crippen molar-refractivity contribution in [1.29, 1.82) is 0 Å². The van der Waals surface area contributed by atoms with Crippen LogP contribution < -0.4 is 10.2 Å². The molecule has 0 bridgehead atoms. The van der Waals surface area contributed by atoms with Crippen LogP contribution in [0.4, 0.5) is 5.69 Å². The minimum Gasteiger partial charge on any atom is -0.467 e. The van der Waals surface area contributed by atoms with Crippen LogP contribution in [-0.2, 0) is 17.9 Å². The first-order valence-corrected chi connectivity index (χ1v) is 9.44. The Morgan fingerprint density at radius 2 is 1.66 bits per heavy atom. The van der Waals surface area contributed by atoms with E-state index in [2.05, 4.69) is 5.32 Å². The molecule has 2 amide bonds. The molecule has 3 aromatic rings. The Bertz CT molecular complexity index is 922. The fraction of sp³-hybridized carbons (Fsp3) is 0.217. The van der Waals surface area contributed by atoms with Crippen LogP contribution in [0.1, 0.15) is 21.7 Å². The minimum absolute atomic E-state index is 0.0166. The van der Waals surface area contributed by atoms with E-state index in [0.717, 1.165) is 17.0 Å². The molecule has 6 heteroatoms. The number of carbonyl (C=O) groups excluding carboxylic acids is 2. The molecular formula is C23H25N3O3. The Balaban J connectivity index is 1.66. The van der Waals surface area contributed by atoms with Crippen LogP contribution in [0.25, 0.3) is 0 Å². The van der Waals surface area contributed by atoms with E-state index >= 15 is 0 Å². The van der Waals surface area contributed by atoms with Gasteiger partial charge in [0.15, 0.2) is 0 Å². The SMILES string of the molecule is CNC(=O)c1ccc(CN(C)CC(=O)N(Cc2ccco2)c2ccccc2)cc1. The van der Waals surface area contributed by atoms with Gasteiger partial charge >= 0.3 is 0 Å². The van der Waals surface area contributed by atoms with Crippen molar-refractivity contribution in [3.05, 3.63) is 89.9 Å². The quantitative estimate of drug-likeness (QED) is 0.640. The van der Waals surface area contributed by atoms with E-state index in [0.29, 0.717) is 18.7 Å². The van der Waals surface area contributed by atoms with Gasteiger partial charge in [-0.1, -0.05) is 30.3 Å². The number of nitrogens with zero attached hydrogens (tertiary/aromatic N) is 2. The maximum absolute atomic E-state index is 13.0. The Hall–Kier alpha value is -3.38. The molecule has 3 rings (SSSR count). The van der Waals surface area contributed by atoms with Gasteiger partial charge in [0.1, 0.15) is 5.76 Å². The number of hydrogen-bond acceptors (Lipinski definition) is 4. The normalized spacial score (nSPS) is 10.7. The van der Waals surface area contributed by atoms with Gasteiger partial charge in [-0.2, -0.15) is 0 Å². The highest BCUT2D eigenvalue weighted by Gasteiger charge is 2.19. The molecule has 0 aliphatic heterocycles. The summed E-state index contributed by atoms with van der Waals surface area (Å²) in [6, 6.07) is 20.6. The van der Waals surface area contributed by atoms with Crippen molar-refractivity contribution >= 4 is 17.5 Å². The first kappa shape index (κ1) is 20.4. The van der Waals surface area contributed by atoms with Crippen LogP contribution in [0.3, 0.4) is 0 Å². The summed E-state index contributed by atoms with van der Waals surface area (Å²) in [7, 11) is 3.51. The molecule has 29 heavy (non-hydrogen) atoms. The van der Waals surface area contributed by atoms with Gasteiger partial charge in [0.2, 0.25) is 5.91 Å². The van der Waals surface area contributed by atoms with Crippen LogP contribution in [0.15, 0.2) is 77.4 Å². The molecule has 0 radical (unpaired) electrons. The summed E-state index contributed by atoms with van der Waals surface area (Å²) in [4.78, 5) is 28.4. The van der Waals surface area contributed by atoms with Crippen molar-refractivity contribution < 1.29 is 14.0 Å². The van der Waals surface area contributed by atoms with Gasteiger partial charge in [-0.3, -0.25) is 14.5 Å². The molecule has 0 aliphatic carbocycles. The lowest BCUT2D eigenvalue weighted by Crippen LogP contribution is -2.38. The van der Waals surface area contributed by atoms with E-state index in [9.17, 15) is 9.59 Å². The number of likely N-dealkylation sites (N-methyl/N-ethyl adjacent to an activating group) is 1. The van der Waals surface area contributed by atoms with Crippen molar-refractivity contribution in [3.63, 3.8) is 0 Å². The third-order valence-corrected chi connectivity index (χ3v) is 4.56. The summed E-state index contributed by atoms with van der Waals surface area (Å²) >= 11 is 0. The van der Waals surface area contributed by atoms with Crippen LogP contribution in [-0.4, -0.2) is 37.4 Å². The average molecular weight is 391 g/mol. The highest BCUT2D eigenvalue weighted by atomic mass is 16.3. The molecular weight excluding hydrogens is 366 g/mol. The standard InChI is InChI=1S/C23H25N3O3/c1-24-23(28)19-12-10-18(11-13-19)15-25(2)17-22(27)26(16-21-9-6-14-29-21)20-7-4-3-5-8-20/h3-14H,15-17H2,1-2H3,(H,24,28). The van der Waals surface area contributed by atoms with Gasteiger partial charge in [-0.15, -0.1) is 0 Å². The fourth-order valence-corrected chi connectivity index (χ4v) is 3.08. The van der Waals surface area contributed by atoms with Gasteiger partial charge in [-0.25, -0.2) is 0 Å². The van der Waals surface area contributed by atoms with Crippen molar-refractivity contribution in [3.8, 4) is 0 Å². The molecule has 1 aromatic heterocycles. The van der Waals surface area contributed by atoms with Gasteiger partial charge < -0.3 is 14.6 Å². The van der Waals surface area contributed by atoms with Gasteiger partial charge in [0.25, 0.3) is 5.91 Å². The van der Waals surface area contributed by atoms with E-state index < -0.39 is 0 Å². The van der Waals surface area contributed by atoms with Crippen molar-refractivity contribution in [2.24, 2.45) is 0 Å². The lowest BCUT2D eigenvalue weighted by molar-refractivity contribution is -0.119. The highest BCUT2D eigenvalue weighted by Crippen LogP contribution is 2.18. The average Bonchev–Trinajstić information content (AvgIpc) is 3.26. The molecule has 0 atom stereocenters. The molecule has 1 heterocycles. The number of carbonyl (C=O) groups is 2. The molecule has 1 N–H and O–H groups in total. The van der Waals surface area contributed by atoms with E-state index in [4.69, 9.17) is 4.42 Å². The topological polar surface area (TPSA) is 65.8 Å².